The van der Waals surface area contributed by atoms with E-state index in [1.54, 1.807) is 6.92 Å². The molecule has 0 saturated heterocycles. The summed E-state index contributed by atoms with van der Waals surface area (Å²) in [6.07, 6.45) is 0.776. The summed E-state index contributed by atoms with van der Waals surface area (Å²) in [6.45, 7) is 3.16. The topological polar surface area (TPSA) is 66.4 Å². The maximum Gasteiger partial charge on any atom is 0.329 e. The number of hydrogen-bond acceptors (Lipinski definition) is 2. The molecule has 0 rings (SSSR count). The Morgan fingerprint density at radius 2 is 2.30 bits per heavy atom. The number of carboxylic acid groups (broad SMARTS) is 1. The lowest BCUT2D eigenvalue weighted by molar-refractivity contribution is -0.145. The molecule has 4 nitrogen and oxygen atoms in total. The largest absolute Gasteiger partial charge is 0.480 e. The molecule has 0 aliphatic rings. The maximum atomic E-state index is 10.4. The summed E-state index contributed by atoms with van der Waals surface area (Å²) >= 11 is 0. The minimum atomic E-state index is -1.11. The van der Waals surface area contributed by atoms with E-state index in [9.17, 15) is 9.59 Å². The Labute approximate surface area is 59.2 Å². The highest BCUT2D eigenvalue weighted by atomic mass is 16.4. The van der Waals surface area contributed by atoms with Crippen molar-refractivity contribution in [3.05, 3.63) is 0 Å². The average Bonchev–Trinajstić information content (AvgIpc) is 1.88. The number of carboxylic acids is 1. The molecule has 1 amide bonds. The zero-order valence-corrected chi connectivity index (χ0v) is 6.05. The third-order valence-corrected chi connectivity index (χ3v) is 1.56. The van der Waals surface area contributed by atoms with Gasteiger partial charge in [-0.05, 0) is 13.3 Å². The van der Waals surface area contributed by atoms with Gasteiger partial charge in [0.25, 0.3) is 0 Å². The smallest absolute Gasteiger partial charge is 0.329 e. The van der Waals surface area contributed by atoms with Crippen molar-refractivity contribution in [2.75, 3.05) is 0 Å². The lowest BCUT2D eigenvalue weighted by Crippen LogP contribution is -2.48. The van der Waals surface area contributed by atoms with Crippen LogP contribution in [0.1, 0.15) is 20.3 Å². The fraction of sp³-hybridized carbons (Fsp3) is 0.667. The number of amides is 1. The number of carbonyl (C=O) groups is 2. The molecular formula is C6H11NO3. The van der Waals surface area contributed by atoms with E-state index >= 15 is 0 Å². The average molecular weight is 145 g/mol. The third kappa shape index (κ3) is 1.72. The van der Waals surface area contributed by atoms with Gasteiger partial charge < -0.3 is 10.4 Å². The van der Waals surface area contributed by atoms with E-state index in [-0.39, 0.29) is 0 Å². The summed E-state index contributed by atoms with van der Waals surface area (Å²) in [6, 6.07) is 0. The molecule has 0 saturated carbocycles. The van der Waals surface area contributed by atoms with Gasteiger partial charge in [-0.2, -0.15) is 0 Å². The molecule has 2 N–H and O–H groups in total. The van der Waals surface area contributed by atoms with Gasteiger partial charge >= 0.3 is 5.97 Å². The highest BCUT2D eigenvalue weighted by molar-refractivity contribution is 5.80. The Balaban J connectivity index is 4.21. The molecule has 0 aromatic heterocycles. The molecule has 58 valence electrons. The van der Waals surface area contributed by atoms with Crippen molar-refractivity contribution in [1.29, 1.82) is 0 Å². The van der Waals surface area contributed by atoms with Crippen LogP contribution in [0.3, 0.4) is 0 Å². The van der Waals surface area contributed by atoms with Crippen molar-refractivity contribution in [2.24, 2.45) is 0 Å². The van der Waals surface area contributed by atoms with Gasteiger partial charge in [-0.3, -0.25) is 4.79 Å². The lowest BCUT2D eigenvalue weighted by atomic mass is 10.0. The predicted octanol–water partition coefficient (Wildman–Crippen LogP) is -0.0143. The van der Waals surface area contributed by atoms with Crippen LogP contribution in [0.2, 0.25) is 0 Å². The van der Waals surface area contributed by atoms with Crippen molar-refractivity contribution >= 4 is 12.4 Å². The summed E-state index contributed by atoms with van der Waals surface area (Å²) in [5.74, 6) is -1.01. The molecule has 4 heteroatoms. The summed E-state index contributed by atoms with van der Waals surface area (Å²) in [7, 11) is 0. The first kappa shape index (κ1) is 8.94. The van der Waals surface area contributed by atoms with Gasteiger partial charge in [-0.1, -0.05) is 6.92 Å². The minimum absolute atomic E-state index is 0.376. The fourth-order valence-corrected chi connectivity index (χ4v) is 0.445. The van der Waals surface area contributed by atoms with E-state index in [2.05, 4.69) is 5.32 Å². The maximum absolute atomic E-state index is 10.4. The minimum Gasteiger partial charge on any atom is -0.480 e. The van der Waals surface area contributed by atoms with E-state index in [0.29, 0.717) is 12.8 Å². The molecule has 0 radical (unpaired) electrons. The molecule has 1 unspecified atom stereocenters. The second kappa shape index (κ2) is 3.20. The van der Waals surface area contributed by atoms with E-state index in [0.717, 1.165) is 0 Å². The Morgan fingerprint density at radius 3 is 2.40 bits per heavy atom. The molecule has 0 heterocycles. The Kier molecular flexibility index (Phi) is 2.86. The van der Waals surface area contributed by atoms with Gasteiger partial charge in [-0.15, -0.1) is 0 Å². The molecular weight excluding hydrogens is 134 g/mol. The van der Waals surface area contributed by atoms with Crippen LogP contribution in [0.4, 0.5) is 0 Å². The van der Waals surface area contributed by atoms with E-state index in [4.69, 9.17) is 5.11 Å². The van der Waals surface area contributed by atoms with Crippen LogP contribution in [-0.2, 0) is 9.59 Å². The molecule has 0 fully saturated rings. The normalized spacial score (nSPS) is 15.4. The first-order chi connectivity index (χ1) is 4.56. The van der Waals surface area contributed by atoms with Crippen LogP contribution in [0.5, 0.6) is 0 Å². The SMILES string of the molecule is CCC(C)(NC=O)C(=O)O. The molecule has 0 aromatic carbocycles. The first-order valence-electron chi connectivity index (χ1n) is 3.01. The number of hydrogen-bond donors (Lipinski definition) is 2. The summed E-state index contributed by atoms with van der Waals surface area (Å²) in [5.41, 5.74) is -1.11. The molecule has 0 bridgehead atoms. The van der Waals surface area contributed by atoms with Crippen LogP contribution >= 0.6 is 0 Å². The molecule has 0 aromatic rings. The zero-order valence-electron chi connectivity index (χ0n) is 6.05. The Morgan fingerprint density at radius 1 is 1.80 bits per heavy atom. The lowest BCUT2D eigenvalue weighted by Gasteiger charge is -2.21. The molecule has 0 spiro atoms. The van der Waals surface area contributed by atoms with E-state index in [1.165, 1.54) is 6.92 Å². The van der Waals surface area contributed by atoms with Gasteiger partial charge in [0.05, 0.1) is 0 Å². The number of rotatable bonds is 4. The van der Waals surface area contributed by atoms with Crippen LogP contribution in [0, 0.1) is 0 Å². The van der Waals surface area contributed by atoms with Crippen molar-refractivity contribution in [3.63, 3.8) is 0 Å². The standard InChI is InChI=1S/C6H11NO3/c1-3-6(2,5(9)10)7-4-8/h4H,3H2,1-2H3,(H,7,8)(H,9,10). The van der Waals surface area contributed by atoms with Gasteiger partial charge in [0.1, 0.15) is 5.54 Å². The fourth-order valence-electron chi connectivity index (χ4n) is 0.445. The predicted molar refractivity (Wildman–Crippen MR) is 35.5 cm³/mol. The summed E-state index contributed by atoms with van der Waals surface area (Å²) in [5, 5.41) is 10.8. The monoisotopic (exact) mass is 145 g/mol. The second-order valence-electron chi connectivity index (χ2n) is 2.25. The number of nitrogens with one attached hydrogen (secondary N) is 1. The third-order valence-electron chi connectivity index (χ3n) is 1.56. The Hall–Kier alpha value is -1.06. The molecule has 1 atom stereocenters. The summed E-state index contributed by atoms with van der Waals surface area (Å²) < 4.78 is 0. The Bertz CT molecular complexity index is 146. The number of carbonyl (C=O) groups excluding carboxylic acids is 1. The van der Waals surface area contributed by atoms with Crippen molar-refractivity contribution in [2.45, 2.75) is 25.8 Å². The molecule has 0 aliphatic heterocycles. The van der Waals surface area contributed by atoms with Gasteiger partial charge in [-0.25, -0.2) is 4.79 Å². The van der Waals surface area contributed by atoms with E-state index < -0.39 is 11.5 Å². The molecule has 10 heavy (non-hydrogen) atoms. The van der Waals surface area contributed by atoms with Crippen LogP contribution < -0.4 is 5.32 Å². The van der Waals surface area contributed by atoms with Crippen molar-refractivity contribution < 1.29 is 14.7 Å². The zero-order chi connectivity index (χ0) is 8.20. The van der Waals surface area contributed by atoms with E-state index in [1.807, 2.05) is 0 Å². The van der Waals surface area contributed by atoms with Crippen molar-refractivity contribution in [3.8, 4) is 0 Å². The first-order valence-corrected chi connectivity index (χ1v) is 3.01. The molecule has 0 aliphatic carbocycles. The quantitative estimate of drug-likeness (QED) is 0.546. The van der Waals surface area contributed by atoms with Crippen LogP contribution in [-0.4, -0.2) is 23.0 Å². The van der Waals surface area contributed by atoms with Crippen LogP contribution in [0.25, 0.3) is 0 Å². The van der Waals surface area contributed by atoms with Gasteiger partial charge in [0.2, 0.25) is 6.41 Å². The summed E-state index contributed by atoms with van der Waals surface area (Å²) in [4.78, 5) is 20.3. The highest BCUT2D eigenvalue weighted by Gasteiger charge is 2.29. The van der Waals surface area contributed by atoms with Crippen molar-refractivity contribution in [1.82, 2.24) is 5.32 Å². The van der Waals surface area contributed by atoms with Gasteiger partial charge in [0, 0.05) is 0 Å². The number of aliphatic carboxylic acids is 1. The van der Waals surface area contributed by atoms with Crippen LogP contribution in [0.15, 0.2) is 0 Å². The highest BCUT2D eigenvalue weighted by Crippen LogP contribution is 2.07. The second-order valence-corrected chi connectivity index (χ2v) is 2.25. The van der Waals surface area contributed by atoms with Gasteiger partial charge in [0.15, 0.2) is 0 Å².